The number of esters is 1. The Balaban J connectivity index is 1.96. The molecule has 0 bridgehead atoms. The van der Waals surface area contributed by atoms with Crippen LogP contribution in [0.3, 0.4) is 0 Å². The molecule has 0 aliphatic carbocycles. The van der Waals surface area contributed by atoms with Crippen molar-refractivity contribution >= 4 is 11.9 Å². The fraction of sp³-hybridized carbons (Fsp3) is 0.704. The number of hydrogen-bond acceptors (Lipinski definition) is 14. The molecule has 0 spiro atoms. The number of aliphatic hydroxyl groups excluding tert-OH is 3. The summed E-state index contributed by atoms with van der Waals surface area (Å²) >= 11 is 0. The Morgan fingerprint density at radius 1 is 1.26 bits per heavy atom. The largest absolute Gasteiger partial charge is 0.550 e. The van der Waals surface area contributed by atoms with E-state index in [0.29, 0.717) is 13.1 Å². The second kappa shape index (κ2) is 15.0. The highest BCUT2D eigenvalue weighted by Crippen LogP contribution is 2.40. The van der Waals surface area contributed by atoms with Gasteiger partial charge in [-0.1, -0.05) is 18.2 Å². The number of methoxy groups -OCH3 is 1. The number of carbonyl (C=O) groups excluding carboxylic acids is 2. The Bertz CT molecular complexity index is 1040. The van der Waals surface area contributed by atoms with E-state index < -0.39 is 78.6 Å². The van der Waals surface area contributed by atoms with E-state index in [9.17, 15) is 45.3 Å². The molecule has 0 aromatic heterocycles. The number of nitrogens with two attached hydrogens (primary N) is 1. The fourth-order valence-electron chi connectivity index (χ4n) is 5.68. The molecule has 0 amide bonds. The van der Waals surface area contributed by atoms with Crippen LogP contribution in [0.25, 0.3) is 0 Å². The third-order valence-electron chi connectivity index (χ3n) is 7.96. The van der Waals surface area contributed by atoms with Crippen LogP contribution in [-0.2, 0) is 33.3 Å². The summed E-state index contributed by atoms with van der Waals surface area (Å²) in [5.41, 5.74) is -2.51. The predicted molar refractivity (Wildman–Crippen MR) is 140 cm³/mol. The van der Waals surface area contributed by atoms with Crippen LogP contribution in [0.1, 0.15) is 6.42 Å². The average Bonchev–Trinajstić information content (AvgIpc) is 2.97. The Morgan fingerprint density at radius 3 is 2.56 bits per heavy atom. The van der Waals surface area contributed by atoms with Gasteiger partial charge in [0.15, 0.2) is 19.1 Å². The lowest BCUT2D eigenvalue weighted by molar-refractivity contribution is -0.911. The molecule has 3 rings (SSSR count). The van der Waals surface area contributed by atoms with Gasteiger partial charge in [-0.15, -0.1) is 6.58 Å². The summed E-state index contributed by atoms with van der Waals surface area (Å²) in [6.07, 6.45) is -3.14. The quantitative estimate of drug-likeness (QED) is 0.0543. The highest BCUT2D eigenvalue weighted by atomic mass is 16.8. The van der Waals surface area contributed by atoms with Crippen molar-refractivity contribution in [2.45, 2.75) is 48.7 Å². The highest BCUT2D eigenvalue weighted by Gasteiger charge is 2.58. The minimum absolute atomic E-state index is 0.105. The summed E-state index contributed by atoms with van der Waals surface area (Å²) in [6, 6.07) is 0. The predicted octanol–water partition coefficient (Wildman–Crippen LogP) is -6.94. The molecule has 2 saturated heterocycles. The number of carboxylic acids is 1. The number of nitrogens with one attached hydrogen (secondary N) is 1. The smallest absolute Gasteiger partial charge is 0.340 e. The van der Waals surface area contributed by atoms with Crippen molar-refractivity contribution in [2.24, 2.45) is 17.8 Å². The second-order valence-corrected chi connectivity index (χ2v) is 10.9. The molecular formula is C27H43N2O14+. The van der Waals surface area contributed by atoms with Gasteiger partial charge in [0.05, 0.1) is 52.3 Å². The molecule has 16 heteroatoms. The standard InChI is InChI=1S/C27H42N2O14/c1-4-17-24(43-25-21(41-14-28-2)27(37,38)20(32)19(12-31)42-25)40-13-18(23(35)39-3)26(17,36)6-5-15-9-16(22(33)34)11-29(10-15)7-8-30/h4-6,13,15-17,19-21,24-25,28,30-32,36-38H,1,7-12,14H2,2-3H3,(H,33,34)/p+1. The molecule has 10 atom stereocenters. The molecule has 0 aromatic rings. The van der Waals surface area contributed by atoms with Crippen LogP contribution in [-0.4, -0.2) is 139 Å². The van der Waals surface area contributed by atoms with E-state index in [-0.39, 0.29) is 31.9 Å². The van der Waals surface area contributed by atoms with E-state index in [2.05, 4.69) is 6.58 Å². The van der Waals surface area contributed by atoms with Gasteiger partial charge in [-0.3, -0.25) is 0 Å². The minimum Gasteiger partial charge on any atom is -0.550 e. The van der Waals surface area contributed by atoms with Gasteiger partial charge in [0.25, 0.3) is 0 Å². The Hall–Kier alpha value is -2.48. The van der Waals surface area contributed by atoms with Crippen LogP contribution in [0.2, 0.25) is 0 Å². The molecule has 2 fully saturated rings. The lowest BCUT2D eigenvalue weighted by Crippen LogP contribution is -3.15. The molecule has 43 heavy (non-hydrogen) atoms. The topological polar surface area (TPSA) is 246 Å². The van der Waals surface area contributed by atoms with Crippen LogP contribution in [0.15, 0.2) is 36.6 Å². The maximum Gasteiger partial charge on any atom is 0.340 e. The maximum absolute atomic E-state index is 12.7. The first kappa shape index (κ1) is 35.0. The third kappa shape index (κ3) is 7.61. The van der Waals surface area contributed by atoms with E-state index in [4.69, 9.17) is 23.7 Å². The van der Waals surface area contributed by atoms with Crippen molar-refractivity contribution in [3.8, 4) is 0 Å². The fourth-order valence-corrected chi connectivity index (χ4v) is 5.68. The number of likely N-dealkylation sites (tertiary alicyclic amines) is 1. The lowest BCUT2D eigenvalue weighted by atomic mass is 9.77. The summed E-state index contributed by atoms with van der Waals surface area (Å²) < 4.78 is 27.4. The molecule has 9 N–H and O–H groups in total. The SMILES string of the molecule is C=CC1C(OC2OC(CO)C(O)C(O)(O)C2OC[NH2+]C)OC=C(C(=O)OC)C1(O)C=CC1CC(C(=O)[O-])C[NH+](CCO)C1. The normalized spacial score (nSPS) is 37.8. The molecule has 0 aromatic carbocycles. The summed E-state index contributed by atoms with van der Waals surface area (Å²) in [5, 5.41) is 76.0. The van der Waals surface area contributed by atoms with E-state index in [0.717, 1.165) is 18.3 Å². The number of piperidine rings is 1. The maximum atomic E-state index is 12.7. The zero-order chi connectivity index (χ0) is 31.9. The van der Waals surface area contributed by atoms with Gasteiger partial charge < -0.3 is 74.4 Å². The number of aliphatic hydroxyl groups is 6. The first-order chi connectivity index (χ1) is 20.4. The van der Waals surface area contributed by atoms with Crippen molar-refractivity contribution in [3.05, 3.63) is 36.6 Å². The van der Waals surface area contributed by atoms with Gasteiger partial charge in [0.1, 0.15) is 36.2 Å². The number of carbonyl (C=O) groups is 2. The number of carboxylic acid groups (broad SMARTS) is 1. The summed E-state index contributed by atoms with van der Waals surface area (Å²) in [5.74, 6) is -7.56. The Morgan fingerprint density at radius 2 is 1.98 bits per heavy atom. The summed E-state index contributed by atoms with van der Waals surface area (Å²) in [7, 11) is 2.74. The number of aliphatic carboxylic acids is 1. The van der Waals surface area contributed by atoms with Gasteiger partial charge in [-0.05, 0) is 6.42 Å². The van der Waals surface area contributed by atoms with Gasteiger partial charge in [0, 0.05) is 11.8 Å². The van der Waals surface area contributed by atoms with Gasteiger partial charge in [-0.25, -0.2) is 4.79 Å². The van der Waals surface area contributed by atoms with Gasteiger partial charge in [-0.2, -0.15) is 0 Å². The van der Waals surface area contributed by atoms with Gasteiger partial charge >= 0.3 is 5.97 Å². The Kier molecular flexibility index (Phi) is 12.2. The molecule has 3 heterocycles. The number of hydrogen-bond donors (Lipinski definition) is 8. The molecule has 244 valence electrons. The molecule has 3 aliphatic rings. The van der Waals surface area contributed by atoms with Crippen LogP contribution < -0.4 is 15.3 Å². The molecule has 10 unspecified atom stereocenters. The van der Waals surface area contributed by atoms with E-state index in [1.807, 2.05) is 0 Å². The second-order valence-electron chi connectivity index (χ2n) is 10.9. The monoisotopic (exact) mass is 619 g/mol. The average molecular weight is 620 g/mol. The zero-order valence-corrected chi connectivity index (χ0v) is 24.1. The van der Waals surface area contributed by atoms with E-state index in [1.54, 1.807) is 18.4 Å². The van der Waals surface area contributed by atoms with E-state index >= 15 is 0 Å². The molecule has 16 nitrogen and oxygen atoms in total. The van der Waals surface area contributed by atoms with Crippen LogP contribution in [0.5, 0.6) is 0 Å². The molecule has 0 saturated carbocycles. The molecular weight excluding hydrogens is 576 g/mol. The lowest BCUT2D eigenvalue weighted by Gasteiger charge is -2.48. The third-order valence-corrected chi connectivity index (χ3v) is 7.96. The number of rotatable bonds is 13. The van der Waals surface area contributed by atoms with Crippen molar-refractivity contribution in [3.63, 3.8) is 0 Å². The van der Waals surface area contributed by atoms with Gasteiger partial charge in [0.2, 0.25) is 12.1 Å². The first-order valence-corrected chi connectivity index (χ1v) is 14.0. The molecule has 0 radical (unpaired) electrons. The van der Waals surface area contributed by atoms with Crippen molar-refractivity contribution in [2.75, 3.05) is 53.7 Å². The molecule has 3 aliphatic heterocycles. The number of ether oxygens (including phenoxy) is 5. The van der Waals surface area contributed by atoms with Crippen LogP contribution >= 0.6 is 0 Å². The summed E-state index contributed by atoms with van der Waals surface area (Å²) in [6.45, 7) is 3.69. The van der Waals surface area contributed by atoms with Crippen LogP contribution in [0, 0.1) is 17.8 Å². The number of quaternary nitrogens is 2. The van der Waals surface area contributed by atoms with Crippen molar-refractivity contribution in [1.29, 1.82) is 0 Å². The van der Waals surface area contributed by atoms with Crippen molar-refractivity contribution < 1.29 is 79.2 Å². The minimum atomic E-state index is -2.93. The highest BCUT2D eigenvalue weighted by molar-refractivity contribution is 5.91. The first-order valence-electron chi connectivity index (χ1n) is 14.0. The zero-order valence-electron chi connectivity index (χ0n) is 24.1. The summed E-state index contributed by atoms with van der Waals surface area (Å²) in [4.78, 5) is 25.2. The van der Waals surface area contributed by atoms with Crippen LogP contribution in [0.4, 0.5) is 0 Å². The Labute approximate surface area is 248 Å². The van der Waals surface area contributed by atoms with Crippen molar-refractivity contribution in [1.82, 2.24) is 0 Å². The van der Waals surface area contributed by atoms with E-state index in [1.165, 1.54) is 12.2 Å².